The molecule has 1 unspecified atom stereocenters. The summed E-state index contributed by atoms with van der Waals surface area (Å²) in [6.07, 6.45) is 13.3. The quantitative estimate of drug-likeness (QED) is 0.150. The molecule has 6 aromatic rings. The van der Waals surface area contributed by atoms with Crippen molar-refractivity contribution in [3.05, 3.63) is 227 Å². The monoisotopic (exact) mass is 755 g/mol. The number of anilines is 3. The van der Waals surface area contributed by atoms with Crippen molar-refractivity contribution in [2.75, 3.05) is 10.2 Å². The van der Waals surface area contributed by atoms with E-state index in [1.165, 1.54) is 10.8 Å². The van der Waals surface area contributed by atoms with Crippen molar-refractivity contribution in [3.63, 3.8) is 0 Å². The summed E-state index contributed by atoms with van der Waals surface area (Å²) in [5.74, 6) is 1.08. The van der Waals surface area contributed by atoms with Gasteiger partial charge in [0.25, 0.3) is 0 Å². The fourth-order valence-electron chi connectivity index (χ4n) is 7.73. The minimum atomic E-state index is -0.207. The maximum atomic E-state index is 13.8. The van der Waals surface area contributed by atoms with Gasteiger partial charge >= 0.3 is 0 Å². The number of aliphatic imine (C=N–C) groups is 2. The van der Waals surface area contributed by atoms with Crippen LogP contribution in [0.2, 0.25) is 0 Å². The maximum Gasteiger partial charge on any atom is 0.217 e. The minimum absolute atomic E-state index is 0. The molecule has 2 aromatic heterocycles. The first-order valence-electron chi connectivity index (χ1n) is 18.6. The highest BCUT2D eigenvalue weighted by molar-refractivity contribution is 6.23. The Morgan fingerprint density at radius 2 is 1.29 bits per heavy atom. The van der Waals surface area contributed by atoms with E-state index >= 15 is 0 Å². The van der Waals surface area contributed by atoms with E-state index in [2.05, 4.69) is 49.9 Å². The van der Waals surface area contributed by atoms with Gasteiger partial charge in [-0.1, -0.05) is 98.5 Å². The first kappa shape index (κ1) is 35.8. The maximum absolute atomic E-state index is 13.8. The van der Waals surface area contributed by atoms with Crippen LogP contribution in [0.25, 0.3) is 10.8 Å². The Balaban J connectivity index is 0.000000182. The first-order chi connectivity index (χ1) is 28.1. The Morgan fingerprint density at radius 1 is 0.655 bits per heavy atom. The first-order valence-corrected chi connectivity index (χ1v) is 18.6. The zero-order valence-corrected chi connectivity index (χ0v) is 30.4. The minimum Gasteiger partial charge on any atom is -0.505 e. The molecule has 3 aliphatic carbocycles. The lowest BCUT2D eigenvalue weighted by molar-refractivity contribution is -0.114. The molecule has 4 heterocycles. The highest BCUT2D eigenvalue weighted by Gasteiger charge is 2.43. The highest BCUT2D eigenvalue weighted by atomic mass is 16.3. The Hall–Kier alpha value is -7.91. The van der Waals surface area contributed by atoms with E-state index in [0.29, 0.717) is 11.4 Å². The molecule has 5 aliphatic rings. The second-order valence-corrected chi connectivity index (χ2v) is 13.7. The number of hydrogen-bond donors (Lipinski definition) is 3. The molecule has 1 atom stereocenters. The lowest BCUT2D eigenvalue weighted by Crippen LogP contribution is -2.37. The van der Waals surface area contributed by atoms with E-state index in [4.69, 9.17) is 4.99 Å². The zero-order chi connectivity index (χ0) is 38.3. The highest BCUT2D eigenvalue weighted by Crippen LogP contribution is 2.46. The van der Waals surface area contributed by atoms with Gasteiger partial charge in [-0.3, -0.25) is 14.8 Å². The average Bonchev–Trinajstić information content (AvgIpc) is 3.28. The number of para-hydroxylation sites is 2. The number of aliphatic hydroxyl groups excluding tert-OH is 1. The summed E-state index contributed by atoms with van der Waals surface area (Å²) in [5.41, 5.74) is 9.38. The standard InChI is InChI=1S/C32H22N4O2.C16H11N3.CH4/c37-30-28(31(38)29(30)36(20-10-3-1-4-11-20)21-12-5-2-6-13-21)23-17-18-25-27-22(23)14-9-16-24(27)34-32(35-25)26-15-7-8-19-33-26;1-2-10-17-14(7-1)16-18-12-8-3-5-11-6-4-9-13(19-16)15(11)12;/h1-19,22,37H,(H,34,35);1-10H,(H,18,19);1H4/b28-23-;;. The Bertz CT molecular complexity index is 2810. The number of amidine groups is 2. The van der Waals surface area contributed by atoms with E-state index in [0.717, 1.165) is 62.5 Å². The molecule has 3 N–H and O–H groups in total. The number of aromatic nitrogens is 2. The van der Waals surface area contributed by atoms with Crippen LogP contribution < -0.4 is 15.5 Å². The van der Waals surface area contributed by atoms with Gasteiger partial charge in [-0.15, -0.1) is 0 Å². The number of nitrogens with zero attached hydrogens (tertiary/aromatic N) is 5. The van der Waals surface area contributed by atoms with Gasteiger partial charge in [0.1, 0.15) is 17.1 Å². The van der Waals surface area contributed by atoms with Gasteiger partial charge in [0.15, 0.2) is 17.4 Å². The van der Waals surface area contributed by atoms with Gasteiger partial charge in [0.05, 0.1) is 17.0 Å². The number of rotatable bonds is 5. The van der Waals surface area contributed by atoms with E-state index < -0.39 is 0 Å². The smallest absolute Gasteiger partial charge is 0.217 e. The van der Waals surface area contributed by atoms with Crippen molar-refractivity contribution in [3.8, 4) is 0 Å². The third-order valence-electron chi connectivity index (χ3n) is 10.3. The van der Waals surface area contributed by atoms with Crippen LogP contribution in [0.15, 0.2) is 226 Å². The SMILES string of the molecule is C.O=C1C(N(c2ccccc2)c2ccccc2)=C(O)/C1=C1\C=CC2=C3C(=CC=CC31)NC(c1ccccn1)=N2.c1ccc(C2=Nc3cccc4cccc(c34)N2)nc1. The number of nitrogens with one attached hydrogen (secondary N) is 2. The van der Waals surface area contributed by atoms with Crippen LogP contribution in [-0.4, -0.2) is 32.5 Å². The summed E-state index contributed by atoms with van der Waals surface area (Å²) in [5, 5.41) is 20.5. The van der Waals surface area contributed by atoms with Crippen molar-refractivity contribution in [2.24, 2.45) is 15.9 Å². The molecule has 58 heavy (non-hydrogen) atoms. The number of benzene rings is 4. The van der Waals surface area contributed by atoms with Crippen molar-refractivity contribution in [2.45, 2.75) is 7.43 Å². The van der Waals surface area contributed by atoms with Gasteiger partial charge in [0.2, 0.25) is 5.78 Å². The third kappa shape index (κ3) is 6.21. The number of ketones is 1. The Kier molecular flexibility index (Phi) is 9.23. The van der Waals surface area contributed by atoms with E-state index in [1.807, 2.05) is 144 Å². The van der Waals surface area contributed by atoms with Crippen molar-refractivity contribution in [1.29, 1.82) is 0 Å². The molecule has 0 radical (unpaired) electrons. The number of pyridine rings is 2. The van der Waals surface area contributed by atoms with Gasteiger partial charge in [-0.05, 0) is 83.8 Å². The predicted octanol–water partition coefficient (Wildman–Crippen LogP) is 10.2. The largest absolute Gasteiger partial charge is 0.505 e. The Morgan fingerprint density at radius 3 is 1.93 bits per heavy atom. The van der Waals surface area contributed by atoms with Crippen LogP contribution in [0.5, 0.6) is 0 Å². The number of carbonyl (C=O) groups excluding carboxylic acids is 1. The van der Waals surface area contributed by atoms with Crippen LogP contribution in [-0.2, 0) is 4.79 Å². The molecule has 0 saturated heterocycles. The zero-order valence-electron chi connectivity index (χ0n) is 30.4. The molecule has 0 saturated carbocycles. The van der Waals surface area contributed by atoms with Crippen molar-refractivity contribution in [1.82, 2.24) is 15.3 Å². The topological polar surface area (TPSA) is 115 Å². The molecule has 9 heteroatoms. The van der Waals surface area contributed by atoms with Gasteiger partial charge < -0.3 is 20.6 Å². The van der Waals surface area contributed by atoms with Gasteiger partial charge in [-0.2, -0.15) is 0 Å². The summed E-state index contributed by atoms with van der Waals surface area (Å²) in [6, 6.07) is 43.2. The summed E-state index contributed by atoms with van der Waals surface area (Å²) in [7, 11) is 0. The van der Waals surface area contributed by atoms with Crippen LogP contribution in [0.3, 0.4) is 0 Å². The van der Waals surface area contributed by atoms with E-state index in [1.54, 1.807) is 12.4 Å². The summed E-state index contributed by atoms with van der Waals surface area (Å²) < 4.78 is 0. The van der Waals surface area contributed by atoms with E-state index in [-0.39, 0.29) is 30.6 Å². The average molecular weight is 756 g/mol. The number of hydrogen-bond acceptors (Lipinski definition) is 9. The van der Waals surface area contributed by atoms with E-state index in [9.17, 15) is 9.90 Å². The molecule has 2 aliphatic heterocycles. The summed E-state index contributed by atoms with van der Waals surface area (Å²) in [4.78, 5) is 33.8. The summed E-state index contributed by atoms with van der Waals surface area (Å²) >= 11 is 0. The lowest BCUT2D eigenvalue weighted by atomic mass is 9.74. The molecule has 0 bridgehead atoms. The van der Waals surface area contributed by atoms with Crippen molar-refractivity contribution >= 4 is 51.0 Å². The molecular weight excluding hydrogens is 719 g/mol. The van der Waals surface area contributed by atoms with Crippen LogP contribution in [0, 0.1) is 5.92 Å². The molecule has 0 spiro atoms. The summed E-state index contributed by atoms with van der Waals surface area (Å²) in [6.45, 7) is 0. The normalized spacial score (nSPS) is 18.2. The second kappa shape index (κ2) is 15.0. The molecular formula is C49H37N7O2. The predicted molar refractivity (Wildman–Crippen MR) is 232 cm³/mol. The number of carbonyl (C=O) groups is 1. The van der Waals surface area contributed by atoms with Crippen LogP contribution >= 0.6 is 0 Å². The molecule has 0 fully saturated rings. The third-order valence-corrected chi connectivity index (χ3v) is 10.3. The Labute approximate surface area is 335 Å². The molecule has 4 aromatic carbocycles. The lowest BCUT2D eigenvalue weighted by Gasteiger charge is -2.37. The molecule has 11 rings (SSSR count). The van der Waals surface area contributed by atoms with Crippen LogP contribution in [0.4, 0.5) is 22.7 Å². The molecule has 9 nitrogen and oxygen atoms in total. The molecule has 0 amide bonds. The number of allylic oxidation sites excluding steroid dienone is 9. The van der Waals surface area contributed by atoms with Gasteiger partial charge in [-0.25, -0.2) is 9.98 Å². The number of aliphatic hydroxyl groups is 1. The van der Waals surface area contributed by atoms with Crippen molar-refractivity contribution < 1.29 is 9.90 Å². The fourth-order valence-corrected chi connectivity index (χ4v) is 7.73. The molecule has 280 valence electrons. The second-order valence-electron chi connectivity index (χ2n) is 13.7. The number of Topliss-reactive ketones (excluding diaryl/α,β-unsaturated/α-hetero) is 1. The van der Waals surface area contributed by atoms with Gasteiger partial charge in [0, 0.05) is 52.0 Å². The fraction of sp³-hybridized carbons (Fsp3) is 0.0408. The van der Waals surface area contributed by atoms with Crippen LogP contribution in [0.1, 0.15) is 18.8 Å².